The second-order valence-corrected chi connectivity index (χ2v) is 4.01. The Morgan fingerprint density at radius 1 is 1.50 bits per heavy atom. The minimum Gasteiger partial charge on any atom is -0.394 e. The molecule has 18 heavy (non-hydrogen) atoms. The van der Waals surface area contributed by atoms with Crippen LogP contribution >= 0.6 is 0 Å². The topological polar surface area (TPSA) is 70.1 Å². The van der Waals surface area contributed by atoms with Crippen LogP contribution in [-0.4, -0.2) is 40.4 Å². The van der Waals surface area contributed by atoms with Gasteiger partial charge in [-0.15, -0.1) is 0 Å². The van der Waals surface area contributed by atoms with Gasteiger partial charge >= 0.3 is 6.18 Å². The minimum absolute atomic E-state index is 0.117. The van der Waals surface area contributed by atoms with E-state index < -0.39 is 18.8 Å². The number of alkyl halides is 3. The Morgan fingerprint density at radius 3 is 2.94 bits per heavy atom. The molecule has 0 aliphatic carbocycles. The number of rotatable bonds is 3. The van der Waals surface area contributed by atoms with E-state index in [0.29, 0.717) is 12.2 Å². The summed E-state index contributed by atoms with van der Waals surface area (Å²) in [6, 6.07) is -2.05. The molecule has 0 radical (unpaired) electrons. The van der Waals surface area contributed by atoms with Crippen LogP contribution in [0.15, 0.2) is 6.20 Å². The largest absolute Gasteiger partial charge is 0.410 e. The summed E-state index contributed by atoms with van der Waals surface area (Å²) >= 11 is 0. The lowest BCUT2D eigenvalue weighted by Gasteiger charge is -2.21. The van der Waals surface area contributed by atoms with Gasteiger partial charge in [0.05, 0.1) is 12.3 Å². The Kier molecular flexibility index (Phi) is 3.67. The molecule has 5 nitrogen and oxygen atoms in total. The van der Waals surface area contributed by atoms with Crippen LogP contribution < -0.4 is 10.6 Å². The highest BCUT2D eigenvalue weighted by molar-refractivity contribution is 5.32. The summed E-state index contributed by atoms with van der Waals surface area (Å²) < 4.78 is 37.4. The van der Waals surface area contributed by atoms with Gasteiger partial charge in [-0.25, -0.2) is 9.97 Å². The van der Waals surface area contributed by atoms with Crippen LogP contribution in [0, 0.1) is 0 Å². The molecule has 1 aliphatic rings. The van der Waals surface area contributed by atoms with E-state index in [1.54, 1.807) is 0 Å². The Labute approximate surface area is 101 Å². The van der Waals surface area contributed by atoms with Crippen molar-refractivity contribution in [2.45, 2.75) is 25.2 Å². The van der Waals surface area contributed by atoms with Gasteiger partial charge in [-0.3, -0.25) is 0 Å². The third-order valence-corrected chi connectivity index (χ3v) is 2.70. The first-order valence-electron chi connectivity index (χ1n) is 5.50. The monoisotopic (exact) mass is 262 g/mol. The zero-order chi connectivity index (χ0) is 13.2. The highest BCUT2D eigenvalue weighted by atomic mass is 19.4. The summed E-state index contributed by atoms with van der Waals surface area (Å²) in [5.41, 5.74) is 1.63. The molecule has 0 spiro atoms. The number of nitrogens with one attached hydrogen (secondary N) is 2. The lowest BCUT2D eigenvalue weighted by molar-refractivity contribution is -0.149. The van der Waals surface area contributed by atoms with Crippen molar-refractivity contribution in [3.63, 3.8) is 0 Å². The van der Waals surface area contributed by atoms with Crippen LogP contribution in [0.5, 0.6) is 0 Å². The van der Waals surface area contributed by atoms with Crippen molar-refractivity contribution >= 4 is 5.95 Å². The molecule has 100 valence electrons. The maximum Gasteiger partial charge on any atom is 0.410 e. The SMILES string of the molecule is OCC(Nc1ncc2c(n1)CNCC2)C(F)(F)F. The molecule has 0 saturated carbocycles. The smallest absolute Gasteiger partial charge is 0.394 e. The molecule has 2 rings (SSSR count). The van der Waals surface area contributed by atoms with E-state index in [4.69, 9.17) is 5.11 Å². The van der Waals surface area contributed by atoms with Crippen molar-refractivity contribution < 1.29 is 18.3 Å². The third-order valence-electron chi connectivity index (χ3n) is 2.70. The van der Waals surface area contributed by atoms with Gasteiger partial charge in [0.2, 0.25) is 5.95 Å². The number of hydrogen-bond acceptors (Lipinski definition) is 5. The van der Waals surface area contributed by atoms with Crippen LogP contribution in [0.25, 0.3) is 0 Å². The van der Waals surface area contributed by atoms with Crippen LogP contribution in [0.1, 0.15) is 11.3 Å². The zero-order valence-electron chi connectivity index (χ0n) is 9.46. The molecule has 1 aliphatic heterocycles. The van der Waals surface area contributed by atoms with E-state index in [-0.39, 0.29) is 5.95 Å². The molecule has 1 aromatic rings. The second-order valence-electron chi connectivity index (χ2n) is 4.01. The van der Waals surface area contributed by atoms with E-state index in [1.807, 2.05) is 0 Å². The average Bonchev–Trinajstić information content (AvgIpc) is 2.34. The van der Waals surface area contributed by atoms with E-state index in [2.05, 4.69) is 20.6 Å². The molecule has 1 atom stereocenters. The summed E-state index contributed by atoms with van der Waals surface area (Å²) in [4.78, 5) is 7.85. The number of aromatic nitrogens is 2. The van der Waals surface area contributed by atoms with Crippen LogP contribution in [-0.2, 0) is 13.0 Å². The normalized spacial score (nSPS) is 17.1. The number of aliphatic hydroxyl groups excluding tert-OH is 1. The number of hydrogen-bond donors (Lipinski definition) is 3. The first kappa shape index (κ1) is 13.0. The van der Waals surface area contributed by atoms with Crippen molar-refractivity contribution in [1.29, 1.82) is 0 Å². The first-order chi connectivity index (χ1) is 8.50. The molecule has 2 heterocycles. The summed E-state index contributed by atoms with van der Waals surface area (Å²) in [6.45, 7) is 0.273. The van der Waals surface area contributed by atoms with Crippen molar-refractivity contribution in [2.24, 2.45) is 0 Å². The molecule has 1 aromatic heterocycles. The summed E-state index contributed by atoms with van der Waals surface area (Å²) in [6.07, 6.45) is -2.25. The fourth-order valence-electron chi connectivity index (χ4n) is 1.69. The lowest BCUT2D eigenvalue weighted by Crippen LogP contribution is -2.40. The maximum absolute atomic E-state index is 12.5. The second kappa shape index (κ2) is 5.07. The average molecular weight is 262 g/mol. The molecule has 0 saturated heterocycles. The predicted octanol–water partition coefficient (Wildman–Crippen LogP) is 0.457. The summed E-state index contributed by atoms with van der Waals surface area (Å²) in [5, 5.41) is 13.9. The quantitative estimate of drug-likeness (QED) is 0.738. The Balaban J connectivity index is 2.14. The molecule has 0 aromatic carbocycles. The van der Waals surface area contributed by atoms with Crippen LogP contribution in [0.3, 0.4) is 0 Å². The van der Waals surface area contributed by atoms with E-state index in [0.717, 1.165) is 18.5 Å². The molecular weight excluding hydrogens is 249 g/mol. The van der Waals surface area contributed by atoms with Crippen molar-refractivity contribution in [3.05, 3.63) is 17.5 Å². The first-order valence-corrected chi connectivity index (χ1v) is 5.50. The van der Waals surface area contributed by atoms with Crippen LogP contribution in [0.2, 0.25) is 0 Å². The molecule has 1 unspecified atom stereocenters. The number of nitrogens with zero attached hydrogens (tertiary/aromatic N) is 2. The number of fused-ring (bicyclic) bond motifs is 1. The molecule has 0 bridgehead atoms. The number of halogens is 3. The third kappa shape index (κ3) is 2.88. The van der Waals surface area contributed by atoms with Gasteiger partial charge in [0.15, 0.2) is 0 Å². The van der Waals surface area contributed by atoms with Gasteiger partial charge in [0.25, 0.3) is 0 Å². The molecule has 3 N–H and O–H groups in total. The fourth-order valence-corrected chi connectivity index (χ4v) is 1.69. The summed E-state index contributed by atoms with van der Waals surface area (Å²) in [7, 11) is 0. The van der Waals surface area contributed by atoms with Crippen molar-refractivity contribution in [2.75, 3.05) is 18.5 Å². The Morgan fingerprint density at radius 2 is 2.28 bits per heavy atom. The van der Waals surface area contributed by atoms with Gasteiger partial charge in [-0.05, 0) is 18.5 Å². The predicted molar refractivity (Wildman–Crippen MR) is 58.0 cm³/mol. The van der Waals surface area contributed by atoms with Gasteiger partial charge in [-0.1, -0.05) is 0 Å². The van der Waals surface area contributed by atoms with Gasteiger partial charge in [0, 0.05) is 12.7 Å². The van der Waals surface area contributed by atoms with Gasteiger partial charge in [-0.2, -0.15) is 13.2 Å². The maximum atomic E-state index is 12.5. The standard InChI is InChI=1S/C10H13F3N4O/c11-10(12,13)8(5-18)17-9-15-3-6-1-2-14-4-7(6)16-9/h3,8,14,18H,1-2,4-5H2,(H,15,16,17). The highest BCUT2D eigenvalue weighted by Gasteiger charge is 2.39. The van der Waals surface area contributed by atoms with Crippen LogP contribution in [0.4, 0.5) is 19.1 Å². The van der Waals surface area contributed by atoms with Crippen molar-refractivity contribution in [1.82, 2.24) is 15.3 Å². The molecule has 8 heteroatoms. The lowest BCUT2D eigenvalue weighted by atomic mass is 10.1. The molecule has 0 fully saturated rings. The number of aliphatic hydroxyl groups is 1. The Bertz CT molecular complexity index is 424. The molecular formula is C10H13F3N4O. The van der Waals surface area contributed by atoms with Crippen molar-refractivity contribution in [3.8, 4) is 0 Å². The zero-order valence-corrected chi connectivity index (χ0v) is 9.46. The molecule has 0 amide bonds. The highest BCUT2D eigenvalue weighted by Crippen LogP contribution is 2.22. The van der Waals surface area contributed by atoms with E-state index >= 15 is 0 Å². The van der Waals surface area contributed by atoms with Gasteiger partial charge in [0.1, 0.15) is 6.04 Å². The number of anilines is 1. The summed E-state index contributed by atoms with van der Waals surface area (Å²) in [5.74, 6) is -0.117. The Hall–Kier alpha value is -1.41. The minimum atomic E-state index is -4.54. The van der Waals surface area contributed by atoms with E-state index in [9.17, 15) is 13.2 Å². The van der Waals surface area contributed by atoms with Gasteiger partial charge < -0.3 is 15.7 Å². The fraction of sp³-hybridized carbons (Fsp3) is 0.600. The van der Waals surface area contributed by atoms with E-state index in [1.165, 1.54) is 6.20 Å².